The molecule has 0 unspecified atom stereocenters. The van der Waals surface area contributed by atoms with E-state index in [-0.39, 0.29) is 0 Å². The molecule has 0 radical (unpaired) electrons. The minimum Gasteiger partial charge on any atom is -0.436 e. The van der Waals surface area contributed by atoms with E-state index in [4.69, 9.17) is 4.74 Å². The standard InChI is InChI=1S/C15H18BrN3O/c1-11(2)9-17-10-12-7-8-15(19-18-12)20-14-6-4-3-5-13(14)16/h3-8,11,17H,9-10H2,1-2H3. The minimum atomic E-state index is 0.490. The third-order valence-electron chi connectivity index (χ3n) is 2.61. The molecule has 1 aromatic carbocycles. The predicted octanol–water partition coefficient (Wildman–Crippen LogP) is 3.78. The molecule has 0 atom stereocenters. The second kappa shape index (κ2) is 7.36. The van der Waals surface area contributed by atoms with Crippen molar-refractivity contribution in [2.45, 2.75) is 20.4 Å². The quantitative estimate of drug-likeness (QED) is 0.872. The molecular weight excluding hydrogens is 318 g/mol. The van der Waals surface area contributed by atoms with Gasteiger partial charge in [0.2, 0.25) is 5.88 Å². The van der Waals surface area contributed by atoms with Crippen LogP contribution in [0.25, 0.3) is 0 Å². The normalized spacial score (nSPS) is 10.8. The molecule has 0 spiro atoms. The fourth-order valence-corrected chi connectivity index (χ4v) is 1.99. The molecule has 0 aliphatic carbocycles. The van der Waals surface area contributed by atoms with Crippen LogP contribution < -0.4 is 10.1 Å². The van der Waals surface area contributed by atoms with E-state index in [0.29, 0.717) is 11.8 Å². The van der Waals surface area contributed by atoms with Gasteiger partial charge in [-0.05, 0) is 46.6 Å². The molecule has 1 N–H and O–H groups in total. The first-order valence-corrected chi connectivity index (χ1v) is 7.40. The van der Waals surface area contributed by atoms with Crippen molar-refractivity contribution in [1.82, 2.24) is 15.5 Å². The Morgan fingerprint density at radius 1 is 1.15 bits per heavy atom. The van der Waals surface area contributed by atoms with Crippen LogP contribution >= 0.6 is 15.9 Å². The minimum absolute atomic E-state index is 0.490. The maximum absolute atomic E-state index is 5.67. The van der Waals surface area contributed by atoms with Gasteiger partial charge in [0.25, 0.3) is 0 Å². The van der Waals surface area contributed by atoms with E-state index in [9.17, 15) is 0 Å². The summed E-state index contributed by atoms with van der Waals surface area (Å²) >= 11 is 3.43. The Morgan fingerprint density at radius 2 is 1.95 bits per heavy atom. The van der Waals surface area contributed by atoms with Gasteiger partial charge in [-0.25, -0.2) is 0 Å². The van der Waals surface area contributed by atoms with Gasteiger partial charge in [0.15, 0.2) is 0 Å². The lowest BCUT2D eigenvalue weighted by atomic mass is 10.2. The first-order chi connectivity index (χ1) is 9.65. The van der Waals surface area contributed by atoms with Crippen LogP contribution in [0.1, 0.15) is 19.5 Å². The summed E-state index contributed by atoms with van der Waals surface area (Å²) in [4.78, 5) is 0. The third-order valence-corrected chi connectivity index (χ3v) is 3.26. The number of halogens is 1. The first-order valence-electron chi connectivity index (χ1n) is 6.61. The Bertz CT molecular complexity index is 543. The first kappa shape index (κ1) is 14.9. The Hall–Kier alpha value is -1.46. The van der Waals surface area contributed by atoms with Crippen LogP contribution in [0.3, 0.4) is 0 Å². The highest BCUT2D eigenvalue weighted by Gasteiger charge is 2.04. The topological polar surface area (TPSA) is 47.0 Å². The fourth-order valence-electron chi connectivity index (χ4n) is 1.63. The molecule has 0 saturated heterocycles. The number of para-hydroxylation sites is 1. The van der Waals surface area contributed by atoms with Crippen molar-refractivity contribution in [2.75, 3.05) is 6.54 Å². The number of hydrogen-bond donors (Lipinski definition) is 1. The van der Waals surface area contributed by atoms with Gasteiger partial charge in [0.05, 0.1) is 10.2 Å². The summed E-state index contributed by atoms with van der Waals surface area (Å²) < 4.78 is 6.56. The molecule has 0 aliphatic rings. The molecule has 0 amide bonds. The van der Waals surface area contributed by atoms with Crippen molar-refractivity contribution < 1.29 is 4.74 Å². The second-order valence-corrected chi connectivity index (χ2v) is 5.77. The fraction of sp³-hybridized carbons (Fsp3) is 0.333. The lowest BCUT2D eigenvalue weighted by Crippen LogP contribution is -2.19. The number of nitrogens with one attached hydrogen (secondary N) is 1. The summed E-state index contributed by atoms with van der Waals surface area (Å²) in [7, 11) is 0. The van der Waals surface area contributed by atoms with Crippen molar-refractivity contribution in [3.8, 4) is 11.6 Å². The predicted molar refractivity (Wildman–Crippen MR) is 82.8 cm³/mol. The molecular formula is C15H18BrN3O. The SMILES string of the molecule is CC(C)CNCc1ccc(Oc2ccccc2Br)nn1. The molecule has 0 fully saturated rings. The van der Waals surface area contributed by atoms with Gasteiger partial charge in [-0.1, -0.05) is 26.0 Å². The molecule has 106 valence electrons. The van der Waals surface area contributed by atoms with Crippen LogP contribution in [0.4, 0.5) is 0 Å². The van der Waals surface area contributed by atoms with Gasteiger partial charge in [-0.15, -0.1) is 5.10 Å². The maximum Gasteiger partial charge on any atom is 0.238 e. The zero-order valence-electron chi connectivity index (χ0n) is 11.6. The van der Waals surface area contributed by atoms with E-state index in [1.54, 1.807) is 0 Å². The average Bonchev–Trinajstić information content (AvgIpc) is 2.43. The number of hydrogen-bond acceptors (Lipinski definition) is 4. The Morgan fingerprint density at radius 3 is 2.60 bits per heavy atom. The highest BCUT2D eigenvalue weighted by molar-refractivity contribution is 9.10. The van der Waals surface area contributed by atoms with Gasteiger partial charge in [-0.3, -0.25) is 0 Å². The van der Waals surface area contributed by atoms with E-state index in [0.717, 1.165) is 29.0 Å². The summed E-state index contributed by atoms with van der Waals surface area (Å²) in [6.07, 6.45) is 0. The molecule has 0 aliphatic heterocycles. The Balaban J connectivity index is 1.93. The van der Waals surface area contributed by atoms with Crippen molar-refractivity contribution in [3.05, 3.63) is 46.6 Å². The summed E-state index contributed by atoms with van der Waals surface area (Å²) in [5.74, 6) is 1.85. The van der Waals surface area contributed by atoms with E-state index in [2.05, 4.69) is 45.3 Å². The number of nitrogens with zero attached hydrogens (tertiary/aromatic N) is 2. The van der Waals surface area contributed by atoms with E-state index < -0.39 is 0 Å². The molecule has 0 bridgehead atoms. The van der Waals surface area contributed by atoms with Gasteiger partial charge >= 0.3 is 0 Å². The summed E-state index contributed by atoms with van der Waals surface area (Å²) in [6.45, 7) is 6.04. The van der Waals surface area contributed by atoms with E-state index >= 15 is 0 Å². The molecule has 1 heterocycles. The summed E-state index contributed by atoms with van der Waals surface area (Å²) in [6, 6.07) is 11.4. The van der Waals surface area contributed by atoms with Crippen LogP contribution in [0, 0.1) is 5.92 Å². The van der Waals surface area contributed by atoms with Crippen LogP contribution in [0.2, 0.25) is 0 Å². The van der Waals surface area contributed by atoms with Gasteiger partial charge in [0.1, 0.15) is 5.75 Å². The zero-order valence-corrected chi connectivity index (χ0v) is 13.2. The second-order valence-electron chi connectivity index (χ2n) is 4.92. The van der Waals surface area contributed by atoms with Crippen molar-refractivity contribution >= 4 is 15.9 Å². The van der Waals surface area contributed by atoms with Gasteiger partial charge in [0, 0.05) is 12.6 Å². The van der Waals surface area contributed by atoms with Crippen LogP contribution in [0.5, 0.6) is 11.6 Å². The van der Waals surface area contributed by atoms with Crippen LogP contribution in [-0.2, 0) is 6.54 Å². The van der Waals surface area contributed by atoms with Crippen molar-refractivity contribution in [1.29, 1.82) is 0 Å². The monoisotopic (exact) mass is 335 g/mol. The Labute approximate surface area is 127 Å². The highest BCUT2D eigenvalue weighted by Crippen LogP contribution is 2.27. The van der Waals surface area contributed by atoms with Gasteiger partial charge < -0.3 is 10.1 Å². The molecule has 20 heavy (non-hydrogen) atoms. The average molecular weight is 336 g/mol. The smallest absolute Gasteiger partial charge is 0.238 e. The zero-order chi connectivity index (χ0) is 14.4. The molecule has 4 nitrogen and oxygen atoms in total. The van der Waals surface area contributed by atoms with Crippen LogP contribution in [0.15, 0.2) is 40.9 Å². The highest BCUT2D eigenvalue weighted by atomic mass is 79.9. The number of aromatic nitrogens is 2. The van der Waals surface area contributed by atoms with E-state index in [1.807, 2.05) is 36.4 Å². The molecule has 2 aromatic rings. The summed E-state index contributed by atoms with van der Waals surface area (Å²) in [5.41, 5.74) is 0.908. The van der Waals surface area contributed by atoms with Crippen LogP contribution in [-0.4, -0.2) is 16.7 Å². The van der Waals surface area contributed by atoms with E-state index in [1.165, 1.54) is 0 Å². The third kappa shape index (κ3) is 4.58. The molecule has 5 heteroatoms. The largest absolute Gasteiger partial charge is 0.436 e. The molecule has 1 aromatic heterocycles. The maximum atomic E-state index is 5.67. The Kier molecular flexibility index (Phi) is 5.49. The molecule has 2 rings (SSSR count). The number of benzene rings is 1. The number of ether oxygens (including phenoxy) is 1. The lowest BCUT2D eigenvalue weighted by Gasteiger charge is -2.08. The number of rotatable bonds is 6. The van der Waals surface area contributed by atoms with Gasteiger partial charge in [-0.2, -0.15) is 5.10 Å². The lowest BCUT2D eigenvalue weighted by molar-refractivity contribution is 0.450. The van der Waals surface area contributed by atoms with Crippen molar-refractivity contribution in [3.63, 3.8) is 0 Å². The van der Waals surface area contributed by atoms with Crippen molar-refractivity contribution in [2.24, 2.45) is 5.92 Å². The summed E-state index contributed by atoms with van der Waals surface area (Å²) in [5, 5.41) is 11.6. The molecule has 0 saturated carbocycles.